The topological polar surface area (TPSA) is 74.4 Å². The zero-order valence-electron chi connectivity index (χ0n) is 28.0. The number of carbonyl (C=O) groups excluding carboxylic acids is 2. The molecule has 8 nitrogen and oxygen atoms in total. The van der Waals surface area contributed by atoms with E-state index >= 15 is 0 Å². The second kappa shape index (κ2) is 14.6. The van der Waals surface area contributed by atoms with Gasteiger partial charge in [-0.05, 0) is 117 Å². The minimum atomic E-state index is -0.349. The van der Waals surface area contributed by atoms with Crippen LogP contribution in [0.15, 0.2) is 60.7 Å². The third kappa shape index (κ3) is 7.54. The number of nitrogens with zero attached hydrogens (tertiary/aromatic N) is 3. The molecule has 1 N–H and O–H groups in total. The van der Waals surface area contributed by atoms with Gasteiger partial charge in [-0.1, -0.05) is 23.7 Å². The Morgan fingerprint density at radius 3 is 2.38 bits per heavy atom. The van der Waals surface area contributed by atoms with E-state index in [1.54, 1.807) is 7.11 Å². The summed E-state index contributed by atoms with van der Waals surface area (Å²) in [6.45, 7) is 7.30. The Hall–Kier alpha value is -3.75. The number of nitrogens with one attached hydrogen (secondary N) is 1. The average molecular weight is 659 g/mol. The maximum Gasteiger partial charge on any atom is 0.234 e. The number of hydrogen-bond donors (Lipinski definition) is 1. The summed E-state index contributed by atoms with van der Waals surface area (Å²) < 4.78 is 11.8. The molecule has 9 heteroatoms. The van der Waals surface area contributed by atoms with E-state index in [2.05, 4.69) is 46.4 Å². The molecule has 250 valence electrons. The van der Waals surface area contributed by atoms with Gasteiger partial charge in [-0.3, -0.25) is 14.5 Å². The van der Waals surface area contributed by atoms with Crippen molar-refractivity contribution in [1.29, 1.82) is 0 Å². The van der Waals surface area contributed by atoms with Crippen LogP contribution in [0.2, 0.25) is 5.02 Å². The lowest BCUT2D eigenvalue weighted by molar-refractivity contribution is -0.122. The number of anilines is 2. The van der Waals surface area contributed by atoms with Crippen molar-refractivity contribution in [2.45, 2.75) is 70.6 Å². The summed E-state index contributed by atoms with van der Waals surface area (Å²) >= 11 is 6.29. The third-order valence-corrected chi connectivity index (χ3v) is 10.1. The Labute approximate surface area is 284 Å². The van der Waals surface area contributed by atoms with Gasteiger partial charge in [0.2, 0.25) is 11.8 Å². The molecular formula is C38H47ClN4O4. The lowest BCUT2D eigenvalue weighted by atomic mass is 9.85. The molecule has 1 atom stereocenters. The van der Waals surface area contributed by atoms with Gasteiger partial charge < -0.3 is 24.6 Å². The van der Waals surface area contributed by atoms with Crippen LogP contribution < -0.4 is 24.6 Å². The fourth-order valence-electron chi connectivity index (χ4n) is 7.52. The van der Waals surface area contributed by atoms with E-state index in [9.17, 15) is 9.59 Å². The molecule has 0 radical (unpaired) electrons. The molecule has 1 aliphatic carbocycles. The largest absolute Gasteiger partial charge is 0.493 e. The van der Waals surface area contributed by atoms with E-state index in [0.29, 0.717) is 35.0 Å². The highest BCUT2D eigenvalue weighted by molar-refractivity contribution is 6.30. The van der Waals surface area contributed by atoms with Crippen LogP contribution in [0.1, 0.15) is 68.7 Å². The Kier molecular flexibility index (Phi) is 10.3. The molecule has 0 unspecified atom stereocenters. The second-order valence-electron chi connectivity index (χ2n) is 13.5. The van der Waals surface area contributed by atoms with Crippen molar-refractivity contribution >= 4 is 34.8 Å². The van der Waals surface area contributed by atoms with Crippen molar-refractivity contribution < 1.29 is 19.1 Å². The Balaban J connectivity index is 1.20. The zero-order valence-corrected chi connectivity index (χ0v) is 28.8. The quantitative estimate of drug-likeness (QED) is 0.278. The first-order valence-corrected chi connectivity index (χ1v) is 17.3. The summed E-state index contributed by atoms with van der Waals surface area (Å²) in [7, 11) is 3.78. The third-order valence-electron chi connectivity index (χ3n) is 9.86. The van der Waals surface area contributed by atoms with Gasteiger partial charge in [0.15, 0.2) is 11.5 Å². The van der Waals surface area contributed by atoms with Crippen LogP contribution in [0, 0.1) is 5.92 Å². The molecule has 3 aromatic carbocycles. The summed E-state index contributed by atoms with van der Waals surface area (Å²) in [5.74, 6) is 2.09. The predicted octanol–water partition coefficient (Wildman–Crippen LogP) is 6.63. The molecule has 3 aromatic rings. The van der Waals surface area contributed by atoms with Crippen LogP contribution in [0.25, 0.3) is 0 Å². The Bertz CT molecular complexity index is 1550. The normalized spacial score (nSPS) is 22.0. The summed E-state index contributed by atoms with van der Waals surface area (Å²) in [6, 6.07) is 20.3. The van der Waals surface area contributed by atoms with Gasteiger partial charge in [0.1, 0.15) is 0 Å². The van der Waals surface area contributed by atoms with Gasteiger partial charge in [-0.2, -0.15) is 0 Å². The molecule has 3 aliphatic rings. The highest BCUT2D eigenvalue weighted by Crippen LogP contribution is 2.44. The van der Waals surface area contributed by atoms with E-state index in [1.165, 1.54) is 12.8 Å². The first-order chi connectivity index (χ1) is 22.7. The predicted molar refractivity (Wildman–Crippen MR) is 188 cm³/mol. The van der Waals surface area contributed by atoms with Gasteiger partial charge >= 0.3 is 0 Å². The van der Waals surface area contributed by atoms with Crippen molar-refractivity contribution in [3.8, 4) is 11.5 Å². The standard InChI is InChI=1S/C38H47ClN4O4/c1-25(2)47-35-22-33-28(20-34(35)46-4)21-37(45)43(38(33)27-8-10-29(39)11-9-27)32-16-14-30(15-17-32)41(3)23-26-6-12-31(13-7-26)42-19-5-18-40-36(44)24-42/h8-11,14-17,20,22,25-26,31,38H,5-7,12-13,18-19,21,23-24H2,1-4H3,(H,40,44)/t26?,31?,38-/m0/s1. The number of methoxy groups -OCH3 is 1. The number of fused-ring (bicyclic) bond motifs is 1. The molecule has 0 aromatic heterocycles. The average Bonchev–Trinajstić information content (AvgIpc) is 3.29. The first kappa shape index (κ1) is 33.2. The molecule has 1 saturated carbocycles. The highest BCUT2D eigenvalue weighted by Gasteiger charge is 2.36. The number of rotatable bonds is 9. The molecule has 2 heterocycles. The molecule has 1 saturated heterocycles. The SMILES string of the molecule is COc1cc2c(cc1OC(C)C)[C@H](c1ccc(Cl)cc1)N(c1ccc(N(C)CC3CCC(N4CCCNC(=O)C4)CC3)cc1)C(=O)C2. The number of halogens is 1. The van der Waals surface area contributed by atoms with E-state index in [1.807, 2.05) is 55.1 Å². The van der Waals surface area contributed by atoms with Crippen molar-refractivity contribution in [1.82, 2.24) is 10.2 Å². The summed E-state index contributed by atoms with van der Waals surface area (Å²) in [4.78, 5) is 32.6. The van der Waals surface area contributed by atoms with Crippen molar-refractivity contribution in [2.24, 2.45) is 5.92 Å². The molecule has 6 rings (SSSR count). The Morgan fingerprint density at radius 2 is 1.70 bits per heavy atom. The molecule has 0 bridgehead atoms. The highest BCUT2D eigenvalue weighted by atomic mass is 35.5. The van der Waals surface area contributed by atoms with Gasteiger partial charge in [0.05, 0.1) is 32.2 Å². The van der Waals surface area contributed by atoms with Crippen LogP contribution in [0.3, 0.4) is 0 Å². The van der Waals surface area contributed by atoms with Crippen molar-refractivity contribution in [3.63, 3.8) is 0 Å². The molecular weight excluding hydrogens is 612 g/mol. The van der Waals surface area contributed by atoms with E-state index < -0.39 is 0 Å². The van der Waals surface area contributed by atoms with Crippen LogP contribution in [0.5, 0.6) is 11.5 Å². The lowest BCUT2D eigenvalue weighted by Gasteiger charge is -2.38. The number of carbonyl (C=O) groups is 2. The molecule has 2 aliphatic heterocycles. The number of hydrogen-bond acceptors (Lipinski definition) is 6. The summed E-state index contributed by atoms with van der Waals surface area (Å²) in [5.41, 5.74) is 4.90. The maximum absolute atomic E-state index is 13.9. The van der Waals surface area contributed by atoms with Gasteiger partial charge in [-0.25, -0.2) is 0 Å². The van der Waals surface area contributed by atoms with Gasteiger partial charge in [0, 0.05) is 49.1 Å². The number of ether oxygens (including phenoxy) is 2. The van der Waals surface area contributed by atoms with Gasteiger partial charge in [-0.15, -0.1) is 0 Å². The molecule has 2 fully saturated rings. The molecule has 2 amide bonds. The lowest BCUT2D eigenvalue weighted by Crippen LogP contribution is -2.43. The zero-order chi connectivity index (χ0) is 33.1. The fourth-order valence-corrected chi connectivity index (χ4v) is 7.65. The van der Waals surface area contributed by atoms with Gasteiger partial charge in [0.25, 0.3) is 0 Å². The van der Waals surface area contributed by atoms with Crippen LogP contribution >= 0.6 is 11.6 Å². The van der Waals surface area contributed by atoms with Crippen molar-refractivity contribution in [3.05, 3.63) is 82.4 Å². The summed E-state index contributed by atoms with van der Waals surface area (Å²) in [5, 5.41) is 3.65. The first-order valence-electron chi connectivity index (χ1n) is 17.0. The minimum absolute atomic E-state index is 0.0248. The number of benzene rings is 3. The van der Waals surface area contributed by atoms with Crippen LogP contribution in [-0.4, -0.2) is 69.2 Å². The maximum atomic E-state index is 13.9. The van der Waals surface area contributed by atoms with E-state index in [-0.39, 0.29) is 30.4 Å². The van der Waals surface area contributed by atoms with Crippen LogP contribution in [-0.2, 0) is 16.0 Å². The smallest absolute Gasteiger partial charge is 0.234 e. The fraction of sp³-hybridized carbons (Fsp3) is 0.474. The van der Waals surface area contributed by atoms with Crippen molar-refractivity contribution in [2.75, 3.05) is 50.1 Å². The molecule has 47 heavy (non-hydrogen) atoms. The molecule has 0 spiro atoms. The minimum Gasteiger partial charge on any atom is -0.493 e. The van der Waals surface area contributed by atoms with E-state index in [0.717, 1.165) is 67.0 Å². The Morgan fingerprint density at radius 1 is 0.979 bits per heavy atom. The van der Waals surface area contributed by atoms with E-state index in [4.69, 9.17) is 21.1 Å². The monoisotopic (exact) mass is 658 g/mol. The van der Waals surface area contributed by atoms with Crippen LogP contribution in [0.4, 0.5) is 11.4 Å². The number of amides is 2. The summed E-state index contributed by atoms with van der Waals surface area (Å²) in [6.07, 6.45) is 5.90. The second-order valence-corrected chi connectivity index (χ2v) is 13.9.